The van der Waals surface area contributed by atoms with Crippen LogP contribution in [0.2, 0.25) is 0 Å². The zero-order valence-electron chi connectivity index (χ0n) is 14.2. The lowest BCUT2D eigenvalue weighted by molar-refractivity contribution is -0.399. The van der Waals surface area contributed by atoms with Crippen molar-refractivity contribution in [2.75, 3.05) is 0 Å². The molecule has 0 heterocycles. The maximum absolute atomic E-state index is 13.4. The molecule has 0 radical (unpaired) electrons. The number of alkyl halides is 18. The first-order valence-corrected chi connectivity index (χ1v) is 9.45. The number of sulfonamides is 2. The van der Waals surface area contributed by atoms with Crippen LogP contribution in [0.25, 0.3) is 0 Å². The Bertz CT molecular complexity index is 955. The Hall–Kier alpha value is -1.76. The Labute approximate surface area is 172 Å². The van der Waals surface area contributed by atoms with Gasteiger partial charge in [-0.05, 0) is 5.53 Å². The van der Waals surface area contributed by atoms with Crippen molar-refractivity contribution in [2.45, 2.75) is 46.6 Å². The first-order valence-electron chi connectivity index (χ1n) is 6.57. The quantitative estimate of drug-likeness (QED) is 0.254. The van der Waals surface area contributed by atoms with Gasteiger partial charge in [-0.2, -0.15) is 95.9 Å². The first-order chi connectivity index (χ1) is 14.2. The molecule has 0 aliphatic heterocycles. The fraction of sp³-hybridized carbons (Fsp3) is 1.00. The molecule has 34 heavy (non-hydrogen) atoms. The SMILES string of the molecule is N=[N+](S(=O)(=O)C(F)(F)C(F)(F)C(F)(F)C(F)(F)F)S(=O)(=O)C(F)(F)C(F)(F)C(F)(F)C(F)(F)F. The van der Waals surface area contributed by atoms with Crippen LogP contribution in [0.3, 0.4) is 0 Å². The summed E-state index contributed by atoms with van der Waals surface area (Å²) < 4.78 is 269. The van der Waals surface area contributed by atoms with Gasteiger partial charge in [0, 0.05) is 0 Å². The van der Waals surface area contributed by atoms with E-state index in [9.17, 15) is 95.9 Å². The molecule has 0 spiro atoms. The molecular weight excluding hydrogens is 594 g/mol. The van der Waals surface area contributed by atoms with Crippen LogP contribution in [0, 0.1) is 5.53 Å². The van der Waals surface area contributed by atoms with E-state index in [1.165, 1.54) is 0 Å². The molecule has 0 saturated carbocycles. The molecule has 1 N–H and O–H groups in total. The van der Waals surface area contributed by atoms with E-state index in [1.54, 1.807) is 0 Å². The number of rotatable bonds is 8. The number of nitrogens with zero attached hydrogens (tertiary/aromatic N) is 1. The van der Waals surface area contributed by atoms with E-state index in [-0.39, 0.29) is 0 Å². The highest BCUT2D eigenvalue weighted by Crippen LogP contribution is 2.57. The summed E-state index contributed by atoms with van der Waals surface area (Å²) in [7, 11) is -18.0. The first kappa shape index (κ1) is 32.2. The summed E-state index contributed by atoms with van der Waals surface area (Å²) in [6, 6.07) is 0. The molecule has 0 aliphatic rings. The molecule has 6 nitrogen and oxygen atoms in total. The molecule has 0 aromatic heterocycles. The third-order valence-electron chi connectivity index (χ3n) is 3.32. The van der Waals surface area contributed by atoms with Gasteiger partial charge in [-0.3, -0.25) is 0 Å². The molecule has 0 rings (SSSR count). The molecule has 0 saturated heterocycles. The predicted octanol–water partition coefficient (Wildman–Crippen LogP) is 4.54. The van der Waals surface area contributed by atoms with Crippen molar-refractivity contribution in [1.82, 2.24) is 0 Å². The summed E-state index contributed by atoms with van der Waals surface area (Å²) in [5, 5.41) is -16.7. The molecule has 204 valence electrons. The fourth-order valence-electron chi connectivity index (χ4n) is 1.38. The lowest BCUT2D eigenvalue weighted by Gasteiger charge is -2.32. The van der Waals surface area contributed by atoms with Crippen LogP contribution in [-0.2, 0) is 20.0 Å². The number of hydrogen-bond donors (Lipinski definition) is 1. The smallest absolute Gasteiger partial charge is 0.191 e. The second kappa shape index (κ2) is 7.62. The Balaban J connectivity index is 7.05. The Morgan fingerprint density at radius 1 is 0.412 bits per heavy atom. The van der Waals surface area contributed by atoms with E-state index in [0.29, 0.717) is 0 Å². The topological polar surface area (TPSA) is 95.1 Å². The zero-order chi connectivity index (χ0) is 28.6. The minimum absolute atomic E-state index is 3.93. The highest BCUT2D eigenvalue weighted by Gasteiger charge is 2.92. The predicted molar refractivity (Wildman–Crippen MR) is 62.6 cm³/mol. The van der Waals surface area contributed by atoms with Crippen LogP contribution in [-0.4, -0.2) is 66.9 Å². The average molecular weight is 595 g/mol. The van der Waals surface area contributed by atoms with Crippen molar-refractivity contribution in [3.05, 3.63) is 0 Å². The van der Waals surface area contributed by atoms with Gasteiger partial charge in [0.05, 0.1) is 0 Å². The monoisotopic (exact) mass is 595 g/mol. The van der Waals surface area contributed by atoms with Crippen LogP contribution in [0.4, 0.5) is 79.0 Å². The number of hydrogen-bond acceptors (Lipinski definition) is 5. The Morgan fingerprint density at radius 3 is 0.735 bits per heavy atom. The molecule has 0 atom stereocenters. The number of nitrogens with one attached hydrogen (secondary N) is 1. The van der Waals surface area contributed by atoms with E-state index in [1.807, 2.05) is 0 Å². The summed E-state index contributed by atoms with van der Waals surface area (Å²) in [5.74, 6) is -33.3. The Morgan fingerprint density at radius 2 is 0.588 bits per heavy atom. The molecule has 0 aromatic carbocycles. The van der Waals surface area contributed by atoms with E-state index in [4.69, 9.17) is 5.53 Å². The Kier molecular flexibility index (Phi) is 7.22. The van der Waals surface area contributed by atoms with Crippen molar-refractivity contribution in [2.24, 2.45) is 0 Å². The second-order valence-electron chi connectivity index (χ2n) is 5.53. The van der Waals surface area contributed by atoms with Gasteiger partial charge >= 0.3 is 66.6 Å². The van der Waals surface area contributed by atoms with Gasteiger partial charge < -0.3 is 0 Å². The van der Waals surface area contributed by atoms with Crippen LogP contribution in [0.1, 0.15) is 0 Å². The molecular formula is C8HF18N2O4S2+. The summed E-state index contributed by atoms with van der Waals surface area (Å²) in [6.07, 6.45) is -15.7. The largest absolute Gasteiger partial charge is 0.478 e. The van der Waals surface area contributed by atoms with E-state index < -0.39 is 70.1 Å². The minimum atomic E-state index is -9.01. The van der Waals surface area contributed by atoms with E-state index in [0.717, 1.165) is 0 Å². The average Bonchev–Trinajstić information content (AvgIpc) is 2.57. The second-order valence-corrected chi connectivity index (χ2v) is 9.42. The van der Waals surface area contributed by atoms with Gasteiger partial charge in [-0.15, -0.1) is 0 Å². The van der Waals surface area contributed by atoms with Crippen molar-refractivity contribution >= 4 is 20.0 Å². The number of halogens is 18. The normalized spacial score (nSPS) is 16.5. The van der Waals surface area contributed by atoms with Gasteiger partial charge in [0.1, 0.15) is 3.51 Å². The lowest BCUT2D eigenvalue weighted by atomic mass is 10.1. The lowest BCUT2D eigenvalue weighted by Crippen LogP contribution is -2.67. The third-order valence-corrected chi connectivity index (χ3v) is 7.18. The maximum Gasteiger partial charge on any atom is 0.478 e. The standard InChI is InChI=1S/C8HF18N2O4S2/c9-1(10,5(17,18)19)3(13,14)7(23,24)33(29,30)28(27)34(31,32)8(25,26)4(15,16)2(11,12)6(20,21)22/h27H/q+1. The highest BCUT2D eigenvalue weighted by atomic mass is 32.3. The maximum atomic E-state index is 13.4. The van der Waals surface area contributed by atoms with E-state index >= 15 is 0 Å². The summed E-state index contributed by atoms with van der Waals surface area (Å²) >= 11 is 0. The van der Waals surface area contributed by atoms with Gasteiger partial charge in [0.25, 0.3) is 0 Å². The van der Waals surface area contributed by atoms with Gasteiger partial charge in [0.2, 0.25) is 0 Å². The summed E-state index contributed by atoms with van der Waals surface area (Å²) in [6.45, 7) is 0. The van der Waals surface area contributed by atoms with Crippen LogP contribution in [0.15, 0.2) is 0 Å². The van der Waals surface area contributed by atoms with Crippen molar-refractivity contribution < 1.29 is 99.4 Å². The van der Waals surface area contributed by atoms with Crippen molar-refractivity contribution in [3.8, 4) is 0 Å². The minimum Gasteiger partial charge on any atom is -0.191 e. The van der Waals surface area contributed by atoms with Gasteiger partial charge in [-0.1, -0.05) is 0 Å². The molecule has 0 aliphatic carbocycles. The van der Waals surface area contributed by atoms with Crippen LogP contribution in [0.5, 0.6) is 0 Å². The van der Waals surface area contributed by atoms with Gasteiger partial charge in [-0.25, -0.2) is 0 Å². The van der Waals surface area contributed by atoms with Crippen molar-refractivity contribution in [3.63, 3.8) is 0 Å². The molecule has 0 unspecified atom stereocenters. The molecule has 0 bridgehead atoms. The highest BCUT2D eigenvalue weighted by molar-refractivity contribution is 7.98. The van der Waals surface area contributed by atoms with Crippen molar-refractivity contribution in [1.29, 1.82) is 5.53 Å². The molecule has 0 fully saturated rings. The zero-order valence-corrected chi connectivity index (χ0v) is 15.8. The van der Waals surface area contributed by atoms with E-state index in [2.05, 4.69) is 0 Å². The fourth-order valence-corrected chi connectivity index (χ4v) is 4.30. The van der Waals surface area contributed by atoms with Gasteiger partial charge in [0.15, 0.2) is 0 Å². The molecule has 0 aromatic rings. The molecule has 26 heteroatoms. The van der Waals surface area contributed by atoms with Crippen LogP contribution >= 0.6 is 0 Å². The summed E-state index contributed by atoms with van der Waals surface area (Å²) in [4.78, 5) is 0. The van der Waals surface area contributed by atoms with Crippen LogP contribution < -0.4 is 0 Å². The molecule has 0 amide bonds. The third kappa shape index (κ3) is 3.82. The summed E-state index contributed by atoms with van der Waals surface area (Å²) in [5.41, 5.74) is 5.95.